The summed E-state index contributed by atoms with van der Waals surface area (Å²) in [6.45, 7) is 1.27. The molecule has 1 fully saturated rings. The number of benzene rings is 2. The number of amides is 2. The van der Waals surface area contributed by atoms with Gasteiger partial charge >= 0.3 is 0 Å². The van der Waals surface area contributed by atoms with Gasteiger partial charge in [0.05, 0.1) is 5.56 Å². The van der Waals surface area contributed by atoms with Crippen LogP contribution in [0.4, 0.5) is 0 Å². The van der Waals surface area contributed by atoms with Gasteiger partial charge in [0.15, 0.2) is 6.61 Å². The molecule has 2 aromatic carbocycles. The van der Waals surface area contributed by atoms with Crippen LogP contribution in [0.3, 0.4) is 0 Å². The van der Waals surface area contributed by atoms with Crippen LogP contribution in [-0.4, -0.2) is 42.5 Å². The topological polar surface area (TPSA) is 58.6 Å². The molecule has 1 heterocycles. The van der Waals surface area contributed by atoms with Gasteiger partial charge in [0.25, 0.3) is 11.8 Å². The Balaban J connectivity index is 1.44. The quantitative estimate of drug-likeness (QED) is 0.796. The van der Waals surface area contributed by atoms with E-state index in [1.807, 2.05) is 42.5 Å². The summed E-state index contributed by atoms with van der Waals surface area (Å²) in [6.07, 6.45) is 1.47. The first-order valence-corrected chi connectivity index (χ1v) is 9.12. The fraction of sp³-hybridized carbons (Fsp3) is 0.300. The Morgan fingerprint density at radius 1 is 1.04 bits per heavy atom. The lowest BCUT2D eigenvalue weighted by molar-refractivity contribution is -0.134. The minimum absolute atomic E-state index is 0.0284. The molecule has 1 aliphatic heterocycles. The number of nitrogens with zero attached hydrogens (tertiary/aromatic N) is 1. The van der Waals surface area contributed by atoms with Gasteiger partial charge in [-0.05, 0) is 37.1 Å². The Kier molecular flexibility index (Phi) is 6.17. The normalized spacial score (nSPS) is 14.7. The highest BCUT2D eigenvalue weighted by molar-refractivity contribution is 7.80. The largest absolute Gasteiger partial charge is 0.484 e. The Morgan fingerprint density at radius 2 is 1.69 bits per heavy atom. The highest BCUT2D eigenvalue weighted by Crippen LogP contribution is 2.16. The van der Waals surface area contributed by atoms with Gasteiger partial charge in [-0.2, -0.15) is 0 Å². The number of hydrogen-bond acceptors (Lipinski definition) is 4. The minimum Gasteiger partial charge on any atom is -0.484 e. The van der Waals surface area contributed by atoms with E-state index in [0.29, 0.717) is 29.3 Å². The van der Waals surface area contributed by atoms with E-state index in [2.05, 4.69) is 17.9 Å². The lowest BCUT2D eigenvalue weighted by Crippen LogP contribution is -2.47. The van der Waals surface area contributed by atoms with Crippen molar-refractivity contribution < 1.29 is 14.3 Å². The van der Waals surface area contributed by atoms with Gasteiger partial charge in [-0.15, -0.1) is 12.6 Å². The van der Waals surface area contributed by atoms with Crippen molar-refractivity contribution in [1.29, 1.82) is 0 Å². The predicted octanol–water partition coefficient (Wildman–Crippen LogP) is 2.78. The smallest absolute Gasteiger partial charge is 0.260 e. The first-order valence-electron chi connectivity index (χ1n) is 8.68. The summed E-state index contributed by atoms with van der Waals surface area (Å²) in [4.78, 5) is 27.1. The molecular weight excluding hydrogens is 348 g/mol. The van der Waals surface area contributed by atoms with Crippen molar-refractivity contribution in [2.24, 2.45) is 0 Å². The number of para-hydroxylation sites is 1. The molecule has 2 aromatic rings. The molecule has 5 nitrogen and oxygen atoms in total. The molecule has 1 N–H and O–H groups in total. The van der Waals surface area contributed by atoms with Crippen molar-refractivity contribution >= 4 is 24.4 Å². The molecule has 1 saturated heterocycles. The second kappa shape index (κ2) is 8.76. The summed E-state index contributed by atoms with van der Waals surface area (Å²) in [5.41, 5.74) is 0.575. The van der Waals surface area contributed by atoms with Crippen LogP contribution in [0.1, 0.15) is 23.2 Å². The zero-order valence-corrected chi connectivity index (χ0v) is 15.3. The maximum atomic E-state index is 12.3. The van der Waals surface area contributed by atoms with E-state index in [9.17, 15) is 9.59 Å². The number of carbonyl (C=O) groups excluding carboxylic acids is 2. The zero-order chi connectivity index (χ0) is 18.4. The van der Waals surface area contributed by atoms with Gasteiger partial charge in [0, 0.05) is 24.0 Å². The summed E-state index contributed by atoms with van der Waals surface area (Å²) in [5, 5.41) is 3.04. The van der Waals surface area contributed by atoms with Crippen LogP contribution in [0.2, 0.25) is 0 Å². The number of thiol groups is 1. The third-order valence-corrected chi connectivity index (χ3v) is 4.83. The average Bonchev–Trinajstić information content (AvgIpc) is 2.68. The predicted molar refractivity (Wildman–Crippen MR) is 103 cm³/mol. The van der Waals surface area contributed by atoms with Crippen molar-refractivity contribution in [3.8, 4) is 5.75 Å². The molecule has 0 spiro atoms. The van der Waals surface area contributed by atoms with Gasteiger partial charge in [0.1, 0.15) is 5.75 Å². The standard InChI is InChI=1S/C20H22N2O3S/c23-19(14-25-16-6-2-1-3-7-16)22-12-10-15(11-13-22)21-20(24)17-8-4-5-9-18(17)26/h1-9,15,26H,10-14H2,(H,21,24). The second-order valence-corrected chi connectivity index (χ2v) is 6.73. The van der Waals surface area contributed by atoms with Crippen molar-refractivity contribution in [2.75, 3.05) is 19.7 Å². The number of nitrogens with one attached hydrogen (secondary N) is 1. The highest BCUT2D eigenvalue weighted by Gasteiger charge is 2.24. The van der Waals surface area contributed by atoms with Crippen LogP contribution < -0.4 is 10.1 Å². The Morgan fingerprint density at radius 3 is 2.38 bits per heavy atom. The van der Waals surface area contributed by atoms with Gasteiger partial charge in [-0.25, -0.2) is 0 Å². The maximum absolute atomic E-state index is 12.3. The fourth-order valence-electron chi connectivity index (χ4n) is 2.96. The SMILES string of the molecule is O=C(NC1CCN(C(=O)COc2ccccc2)CC1)c1ccccc1S. The molecule has 0 radical (unpaired) electrons. The summed E-state index contributed by atoms with van der Waals surface area (Å²) >= 11 is 4.32. The maximum Gasteiger partial charge on any atom is 0.260 e. The van der Waals surface area contributed by atoms with Crippen LogP contribution in [0.25, 0.3) is 0 Å². The number of rotatable bonds is 5. The third kappa shape index (κ3) is 4.79. The molecule has 2 amide bonds. The van der Waals surface area contributed by atoms with E-state index in [0.717, 1.165) is 12.8 Å². The van der Waals surface area contributed by atoms with Crippen molar-refractivity contribution in [3.63, 3.8) is 0 Å². The summed E-state index contributed by atoms with van der Waals surface area (Å²) in [6, 6.07) is 16.6. The van der Waals surface area contributed by atoms with Crippen LogP contribution in [-0.2, 0) is 4.79 Å². The van der Waals surface area contributed by atoms with Crippen molar-refractivity contribution in [3.05, 3.63) is 60.2 Å². The van der Waals surface area contributed by atoms with Gasteiger partial charge in [0.2, 0.25) is 0 Å². The molecule has 1 aliphatic rings. The van der Waals surface area contributed by atoms with E-state index in [1.54, 1.807) is 17.0 Å². The average molecular weight is 370 g/mol. The monoisotopic (exact) mass is 370 g/mol. The van der Waals surface area contributed by atoms with Gasteiger partial charge in [-0.1, -0.05) is 30.3 Å². The van der Waals surface area contributed by atoms with Gasteiger partial charge < -0.3 is 15.0 Å². The Hall–Kier alpha value is -2.47. The lowest BCUT2D eigenvalue weighted by Gasteiger charge is -2.32. The number of ether oxygens (including phenoxy) is 1. The zero-order valence-electron chi connectivity index (χ0n) is 14.4. The summed E-state index contributed by atoms with van der Waals surface area (Å²) < 4.78 is 5.51. The summed E-state index contributed by atoms with van der Waals surface area (Å²) in [5.74, 6) is 0.542. The van der Waals surface area contributed by atoms with Crippen LogP contribution in [0, 0.1) is 0 Å². The molecule has 3 rings (SSSR count). The van der Waals surface area contributed by atoms with Crippen molar-refractivity contribution in [2.45, 2.75) is 23.8 Å². The summed E-state index contributed by atoms with van der Waals surface area (Å²) in [7, 11) is 0. The molecule has 26 heavy (non-hydrogen) atoms. The highest BCUT2D eigenvalue weighted by atomic mass is 32.1. The van der Waals surface area contributed by atoms with E-state index in [1.165, 1.54) is 0 Å². The van der Waals surface area contributed by atoms with Gasteiger partial charge in [-0.3, -0.25) is 9.59 Å². The molecule has 0 aromatic heterocycles. The minimum atomic E-state index is -0.118. The van der Waals surface area contributed by atoms with Crippen LogP contribution in [0.15, 0.2) is 59.5 Å². The first kappa shape index (κ1) is 18.3. The molecule has 0 saturated carbocycles. The molecule has 6 heteroatoms. The number of likely N-dealkylation sites (tertiary alicyclic amines) is 1. The second-order valence-electron chi connectivity index (χ2n) is 6.25. The third-order valence-electron chi connectivity index (χ3n) is 4.44. The van der Waals surface area contributed by atoms with E-state index in [4.69, 9.17) is 4.74 Å². The molecule has 0 unspecified atom stereocenters. The van der Waals surface area contributed by atoms with E-state index in [-0.39, 0.29) is 24.5 Å². The van der Waals surface area contributed by atoms with Crippen LogP contribution in [0.5, 0.6) is 5.75 Å². The fourth-order valence-corrected chi connectivity index (χ4v) is 3.22. The number of carbonyl (C=O) groups is 2. The van der Waals surface area contributed by atoms with E-state index < -0.39 is 0 Å². The number of piperidine rings is 1. The first-order chi connectivity index (χ1) is 12.6. The lowest BCUT2D eigenvalue weighted by atomic mass is 10.0. The molecule has 0 bridgehead atoms. The molecule has 0 atom stereocenters. The number of hydrogen-bond donors (Lipinski definition) is 2. The van der Waals surface area contributed by atoms with Crippen molar-refractivity contribution in [1.82, 2.24) is 10.2 Å². The molecular formula is C20H22N2O3S. The molecule has 0 aliphatic carbocycles. The van der Waals surface area contributed by atoms with Crippen LogP contribution >= 0.6 is 12.6 Å². The molecule has 136 valence electrons. The Bertz CT molecular complexity index is 759. The van der Waals surface area contributed by atoms with E-state index >= 15 is 0 Å². The Labute approximate surface area is 158 Å².